The topological polar surface area (TPSA) is 101 Å². The molecule has 0 aliphatic carbocycles. The third kappa shape index (κ3) is 13.0. The molecule has 1 atom stereocenters. The van der Waals surface area contributed by atoms with Crippen LogP contribution in [0, 0.1) is 0 Å². The lowest BCUT2D eigenvalue weighted by molar-refractivity contribution is -0.140. The number of carbonyl (C=O) groups is 2. The Morgan fingerprint density at radius 2 is 1.88 bits per heavy atom. The summed E-state index contributed by atoms with van der Waals surface area (Å²) in [7, 11) is 3.02. The minimum absolute atomic E-state index is 0.0109. The maximum atomic E-state index is 11.8. The van der Waals surface area contributed by atoms with Gasteiger partial charge in [-0.15, -0.1) is 0 Å². The van der Waals surface area contributed by atoms with E-state index in [1.54, 1.807) is 7.05 Å². The van der Waals surface area contributed by atoms with Crippen molar-refractivity contribution in [2.24, 2.45) is 4.99 Å². The van der Waals surface area contributed by atoms with Crippen molar-refractivity contribution in [3.05, 3.63) is 0 Å². The monoisotopic (exact) mass is 358 g/mol. The zero-order chi connectivity index (χ0) is 19.3. The Morgan fingerprint density at radius 3 is 2.40 bits per heavy atom. The fourth-order valence-electron chi connectivity index (χ4n) is 1.97. The summed E-state index contributed by atoms with van der Waals surface area (Å²) in [5, 5.41) is 9.11. The number of ether oxygens (including phenoxy) is 2. The number of unbranched alkanes of at least 4 members (excludes halogenated alkanes) is 1. The molecule has 0 aliphatic rings. The first-order valence-corrected chi connectivity index (χ1v) is 8.72. The number of hydrogen-bond donors (Lipinski definition) is 3. The molecule has 0 aliphatic heterocycles. The SMILES string of the molecule is CCCCC(CNC(=O)OC(C)(C)C)NC(=NC)NCCC(=O)OC. The number of nitrogens with one attached hydrogen (secondary N) is 3. The molecule has 3 N–H and O–H groups in total. The van der Waals surface area contributed by atoms with Crippen LogP contribution >= 0.6 is 0 Å². The van der Waals surface area contributed by atoms with Crippen molar-refractivity contribution in [3.8, 4) is 0 Å². The van der Waals surface area contributed by atoms with E-state index in [-0.39, 0.29) is 18.4 Å². The molecule has 0 saturated heterocycles. The van der Waals surface area contributed by atoms with E-state index in [1.165, 1.54) is 7.11 Å². The predicted octanol–water partition coefficient (Wildman–Crippen LogP) is 1.80. The number of amides is 1. The number of guanidine groups is 1. The lowest BCUT2D eigenvalue weighted by atomic mass is 10.1. The molecule has 0 saturated carbocycles. The second-order valence-corrected chi connectivity index (χ2v) is 6.69. The Labute approximate surface area is 151 Å². The van der Waals surface area contributed by atoms with Crippen molar-refractivity contribution < 1.29 is 19.1 Å². The van der Waals surface area contributed by atoms with Gasteiger partial charge in [-0.25, -0.2) is 4.79 Å². The Morgan fingerprint density at radius 1 is 1.20 bits per heavy atom. The summed E-state index contributed by atoms with van der Waals surface area (Å²) in [5.74, 6) is 0.299. The average Bonchev–Trinajstić information content (AvgIpc) is 2.53. The van der Waals surface area contributed by atoms with Crippen LogP contribution in [0.3, 0.4) is 0 Å². The first-order valence-electron chi connectivity index (χ1n) is 8.72. The fourth-order valence-corrected chi connectivity index (χ4v) is 1.97. The van der Waals surface area contributed by atoms with Crippen LogP contribution in [0.5, 0.6) is 0 Å². The van der Waals surface area contributed by atoms with E-state index >= 15 is 0 Å². The molecular formula is C17H34N4O4. The summed E-state index contributed by atoms with van der Waals surface area (Å²) in [6.07, 6.45) is 2.77. The van der Waals surface area contributed by atoms with E-state index in [0.717, 1.165) is 19.3 Å². The number of aliphatic imine (C=N–C) groups is 1. The molecule has 1 unspecified atom stereocenters. The Balaban J connectivity index is 4.47. The number of carbonyl (C=O) groups excluding carboxylic acids is 2. The Bertz CT molecular complexity index is 433. The molecule has 8 heteroatoms. The highest BCUT2D eigenvalue weighted by molar-refractivity contribution is 5.80. The van der Waals surface area contributed by atoms with Crippen molar-refractivity contribution in [3.63, 3.8) is 0 Å². The molecule has 1 amide bonds. The number of rotatable bonds is 9. The van der Waals surface area contributed by atoms with Gasteiger partial charge in [0.05, 0.1) is 13.5 Å². The summed E-state index contributed by atoms with van der Waals surface area (Å²) in [6.45, 7) is 8.44. The van der Waals surface area contributed by atoms with Crippen LogP contribution in [-0.2, 0) is 14.3 Å². The normalized spacial score (nSPS) is 13.0. The van der Waals surface area contributed by atoms with Gasteiger partial charge in [0.1, 0.15) is 5.60 Å². The summed E-state index contributed by atoms with van der Waals surface area (Å²) < 4.78 is 9.86. The molecule has 0 fully saturated rings. The van der Waals surface area contributed by atoms with Gasteiger partial charge in [0, 0.05) is 26.2 Å². The predicted molar refractivity (Wildman–Crippen MR) is 98.7 cm³/mol. The van der Waals surface area contributed by atoms with Gasteiger partial charge in [0.25, 0.3) is 0 Å². The molecule has 0 aromatic rings. The minimum Gasteiger partial charge on any atom is -0.469 e. The smallest absolute Gasteiger partial charge is 0.407 e. The van der Waals surface area contributed by atoms with Gasteiger partial charge in [0.2, 0.25) is 0 Å². The van der Waals surface area contributed by atoms with Crippen LogP contribution in [0.2, 0.25) is 0 Å². The summed E-state index contributed by atoms with van der Waals surface area (Å²) >= 11 is 0. The van der Waals surface area contributed by atoms with Crippen LogP contribution in [0.25, 0.3) is 0 Å². The molecule has 0 aromatic carbocycles. The van der Waals surface area contributed by atoms with Gasteiger partial charge >= 0.3 is 12.1 Å². The quantitative estimate of drug-likeness (QED) is 0.330. The molecule has 146 valence electrons. The van der Waals surface area contributed by atoms with E-state index < -0.39 is 11.7 Å². The fraction of sp³-hybridized carbons (Fsp3) is 0.824. The molecule has 0 aromatic heterocycles. The zero-order valence-corrected chi connectivity index (χ0v) is 16.4. The lowest BCUT2D eigenvalue weighted by Gasteiger charge is -2.24. The van der Waals surface area contributed by atoms with E-state index in [0.29, 0.717) is 19.0 Å². The van der Waals surface area contributed by atoms with Crippen LogP contribution in [0.4, 0.5) is 4.79 Å². The van der Waals surface area contributed by atoms with Crippen LogP contribution < -0.4 is 16.0 Å². The molecule has 0 bridgehead atoms. The molecule has 8 nitrogen and oxygen atoms in total. The highest BCUT2D eigenvalue weighted by atomic mass is 16.6. The maximum Gasteiger partial charge on any atom is 0.407 e. The van der Waals surface area contributed by atoms with Crippen LogP contribution in [-0.4, -0.2) is 56.9 Å². The van der Waals surface area contributed by atoms with Crippen molar-refractivity contribution in [2.45, 2.75) is 65.0 Å². The highest BCUT2D eigenvalue weighted by Crippen LogP contribution is 2.07. The van der Waals surface area contributed by atoms with Crippen LogP contribution in [0.15, 0.2) is 4.99 Å². The number of nitrogens with zero attached hydrogens (tertiary/aromatic N) is 1. The van der Waals surface area contributed by atoms with Gasteiger partial charge in [-0.3, -0.25) is 9.79 Å². The van der Waals surface area contributed by atoms with Gasteiger partial charge in [0.15, 0.2) is 5.96 Å². The van der Waals surface area contributed by atoms with Crippen molar-refractivity contribution in [1.82, 2.24) is 16.0 Å². The van der Waals surface area contributed by atoms with Gasteiger partial charge < -0.3 is 25.4 Å². The molecule has 0 radical (unpaired) electrons. The van der Waals surface area contributed by atoms with Crippen molar-refractivity contribution in [2.75, 3.05) is 27.2 Å². The van der Waals surface area contributed by atoms with E-state index in [1.807, 2.05) is 20.8 Å². The van der Waals surface area contributed by atoms with E-state index in [2.05, 4.69) is 32.6 Å². The summed E-state index contributed by atoms with van der Waals surface area (Å²) in [6, 6.07) is 0.0109. The molecule has 25 heavy (non-hydrogen) atoms. The largest absolute Gasteiger partial charge is 0.469 e. The van der Waals surface area contributed by atoms with E-state index in [9.17, 15) is 9.59 Å². The molecule has 0 spiro atoms. The van der Waals surface area contributed by atoms with Gasteiger partial charge in [-0.1, -0.05) is 19.8 Å². The highest BCUT2D eigenvalue weighted by Gasteiger charge is 2.18. The first-order chi connectivity index (χ1) is 11.7. The number of alkyl carbamates (subject to hydrolysis) is 1. The summed E-state index contributed by atoms with van der Waals surface area (Å²) in [5.41, 5.74) is -0.526. The van der Waals surface area contributed by atoms with Crippen molar-refractivity contribution in [1.29, 1.82) is 0 Å². The third-order valence-electron chi connectivity index (χ3n) is 3.21. The van der Waals surface area contributed by atoms with E-state index in [4.69, 9.17) is 4.74 Å². The maximum absolute atomic E-state index is 11.8. The second kappa shape index (κ2) is 12.4. The minimum atomic E-state index is -0.526. The Hall–Kier alpha value is -1.99. The average molecular weight is 358 g/mol. The zero-order valence-electron chi connectivity index (χ0n) is 16.4. The second-order valence-electron chi connectivity index (χ2n) is 6.69. The third-order valence-corrected chi connectivity index (χ3v) is 3.21. The number of hydrogen-bond acceptors (Lipinski definition) is 5. The van der Waals surface area contributed by atoms with Gasteiger partial charge in [-0.2, -0.15) is 0 Å². The molecule has 0 rings (SSSR count). The number of esters is 1. The Kier molecular flexibility index (Phi) is 11.4. The molecular weight excluding hydrogens is 324 g/mol. The van der Waals surface area contributed by atoms with Gasteiger partial charge in [-0.05, 0) is 27.2 Å². The van der Waals surface area contributed by atoms with Crippen LogP contribution in [0.1, 0.15) is 53.4 Å². The molecule has 0 heterocycles. The first kappa shape index (κ1) is 23.0. The van der Waals surface area contributed by atoms with Crippen molar-refractivity contribution >= 4 is 18.0 Å². The lowest BCUT2D eigenvalue weighted by Crippen LogP contribution is -2.49. The standard InChI is InChI=1S/C17H34N4O4/c1-7-8-9-13(12-20-16(23)25-17(2,3)4)21-15(18-5)19-11-10-14(22)24-6/h13H,7-12H2,1-6H3,(H,20,23)(H2,18,19,21). The number of methoxy groups -OCH3 is 1. The summed E-state index contributed by atoms with van der Waals surface area (Å²) in [4.78, 5) is 27.1.